The second-order valence-corrected chi connectivity index (χ2v) is 3.88. The Morgan fingerprint density at radius 1 is 1.38 bits per heavy atom. The molecule has 8 heteroatoms. The first-order valence-electron chi connectivity index (χ1n) is 1.00. The summed E-state index contributed by atoms with van der Waals surface area (Å²) in [5, 5.41) is 0. The Bertz CT molecular complexity index is 165. The van der Waals surface area contributed by atoms with Gasteiger partial charge in [-0.15, -0.1) is 0 Å². The Labute approximate surface area is 90.7 Å². The summed E-state index contributed by atoms with van der Waals surface area (Å²) in [5.74, 6) is 0. The molecule has 1 atom stereocenters. The van der Waals surface area contributed by atoms with Crippen LogP contribution in [0, 0.1) is 0 Å². The van der Waals surface area contributed by atoms with Gasteiger partial charge in [-0.3, -0.25) is 4.21 Å². The fourth-order valence-corrected chi connectivity index (χ4v) is 0. The van der Waals surface area contributed by atoms with Crippen LogP contribution < -0.4 is 51.4 Å². The molecule has 1 unspecified atom stereocenters. The van der Waals surface area contributed by atoms with Crippen molar-refractivity contribution in [2.24, 2.45) is 0 Å². The Balaban J connectivity index is 0. The third-order valence-electron chi connectivity index (χ3n) is 0.167. The molecule has 5 nitrogen and oxygen atoms in total. The van der Waals surface area contributed by atoms with Gasteiger partial charge in [-0.05, 0) is 0 Å². The molecule has 0 aliphatic heterocycles. The van der Waals surface area contributed by atoms with Crippen LogP contribution in [-0.4, -0.2) is 21.7 Å². The van der Waals surface area contributed by atoms with Crippen molar-refractivity contribution in [1.29, 1.82) is 0 Å². The van der Waals surface area contributed by atoms with Crippen LogP contribution in [0.1, 0.15) is 0 Å². The van der Waals surface area contributed by atoms with Gasteiger partial charge >= 0.3 is 51.4 Å². The Morgan fingerprint density at radius 3 is 1.50 bits per heavy atom. The number of hydrogen-bond acceptors (Lipinski definition) is 5. The molecule has 0 aliphatic carbocycles. The molecule has 0 N–H and O–H groups in total. The monoisotopic (exact) mass is 183 g/mol. The fraction of sp³-hybridized carbons (Fsp3) is 0. The van der Waals surface area contributed by atoms with Gasteiger partial charge in [0.05, 0.1) is 10.1 Å². The minimum atomic E-state index is -5.07. The normalized spacial score (nSPS) is 14.2. The molecule has 0 aromatic rings. The Morgan fingerprint density at radius 2 is 1.50 bits per heavy atom. The van der Waals surface area contributed by atoms with Crippen LogP contribution >= 0.6 is 0 Å². The molecular formula is KO5S2-. The summed E-state index contributed by atoms with van der Waals surface area (Å²) in [5.41, 5.74) is 0. The van der Waals surface area contributed by atoms with Gasteiger partial charge in [0.25, 0.3) is 0 Å². The second-order valence-electron chi connectivity index (χ2n) is 0.612. The van der Waals surface area contributed by atoms with Crippen LogP contribution in [0.25, 0.3) is 0 Å². The van der Waals surface area contributed by atoms with E-state index in [9.17, 15) is 0 Å². The maximum absolute atomic E-state index is 9.16. The largest absolute Gasteiger partial charge is 1.00 e. The molecule has 0 aromatic heterocycles. The van der Waals surface area contributed by atoms with Gasteiger partial charge in [0.2, 0.25) is 0 Å². The summed E-state index contributed by atoms with van der Waals surface area (Å²) in [6.07, 6.45) is 0. The van der Waals surface area contributed by atoms with E-state index in [1.807, 2.05) is 0 Å². The van der Waals surface area contributed by atoms with Crippen molar-refractivity contribution in [1.82, 2.24) is 0 Å². The zero-order valence-electron chi connectivity index (χ0n) is 3.86. The van der Waals surface area contributed by atoms with Crippen molar-refractivity contribution in [3.8, 4) is 0 Å². The van der Waals surface area contributed by atoms with Gasteiger partial charge in [0, 0.05) is 0 Å². The van der Waals surface area contributed by atoms with E-state index in [2.05, 4.69) is 0 Å². The van der Waals surface area contributed by atoms with Crippen LogP contribution in [0.3, 0.4) is 0 Å². The summed E-state index contributed by atoms with van der Waals surface area (Å²) in [6.45, 7) is 0. The summed E-state index contributed by atoms with van der Waals surface area (Å²) in [6, 6.07) is 0. The van der Waals surface area contributed by atoms with Crippen LogP contribution in [-0.2, 0) is 19.3 Å². The molecule has 0 radical (unpaired) electrons. The predicted octanol–water partition coefficient (Wildman–Crippen LogP) is -4.67. The first-order chi connectivity index (χ1) is 2.94. The first-order valence-corrected chi connectivity index (χ1v) is 4.00. The third kappa shape index (κ3) is 5.79. The van der Waals surface area contributed by atoms with Gasteiger partial charge in [-0.1, -0.05) is 0 Å². The fourth-order valence-electron chi connectivity index (χ4n) is 0. The molecule has 0 bridgehead atoms. The van der Waals surface area contributed by atoms with Crippen molar-refractivity contribution in [2.45, 2.75) is 0 Å². The van der Waals surface area contributed by atoms with Gasteiger partial charge in [0.1, 0.15) is 0 Å². The molecule has 0 saturated carbocycles. The molecule has 0 saturated heterocycles. The molecular weight excluding hydrogens is 183 g/mol. The van der Waals surface area contributed by atoms with E-state index in [0.717, 1.165) is 0 Å². The molecule has 0 aromatic carbocycles. The van der Waals surface area contributed by atoms with E-state index in [1.165, 1.54) is 0 Å². The van der Waals surface area contributed by atoms with Crippen LogP contribution in [0.2, 0.25) is 0 Å². The minimum absolute atomic E-state index is 0. The SMILES string of the molecule is O=S([O-])S(=O)(=O)[O-].[K+]. The van der Waals surface area contributed by atoms with Crippen molar-refractivity contribution < 1.29 is 73.1 Å². The zero-order chi connectivity index (χ0) is 6.08. The molecule has 0 fully saturated rings. The van der Waals surface area contributed by atoms with E-state index in [0.29, 0.717) is 0 Å². The van der Waals surface area contributed by atoms with E-state index in [1.54, 1.807) is 0 Å². The van der Waals surface area contributed by atoms with E-state index in [-0.39, 0.29) is 51.4 Å². The molecule has 8 heavy (non-hydrogen) atoms. The van der Waals surface area contributed by atoms with Gasteiger partial charge < -0.3 is 9.11 Å². The maximum Gasteiger partial charge on any atom is 1.00 e. The summed E-state index contributed by atoms with van der Waals surface area (Å²) in [7, 11) is -8.59. The second kappa shape index (κ2) is 4.47. The van der Waals surface area contributed by atoms with E-state index in [4.69, 9.17) is 21.7 Å². The average Bonchev–Trinajstić information content (AvgIpc) is 1.31. The zero-order valence-corrected chi connectivity index (χ0v) is 8.61. The third-order valence-corrected chi connectivity index (χ3v) is 1.50. The molecule has 0 heterocycles. The van der Waals surface area contributed by atoms with Crippen LogP contribution in [0.15, 0.2) is 0 Å². The summed E-state index contributed by atoms with van der Waals surface area (Å²) >= 11 is 0. The van der Waals surface area contributed by atoms with E-state index < -0.39 is 19.3 Å². The van der Waals surface area contributed by atoms with Crippen molar-refractivity contribution >= 4 is 19.3 Å². The van der Waals surface area contributed by atoms with Crippen molar-refractivity contribution in [2.75, 3.05) is 0 Å². The van der Waals surface area contributed by atoms with E-state index >= 15 is 0 Å². The van der Waals surface area contributed by atoms with Crippen LogP contribution in [0.4, 0.5) is 0 Å². The first kappa shape index (κ1) is 12.3. The van der Waals surface area contributed by atoms with Crippen molar-refractivity contribution in [3.63, 3.8) is 0 Å². The predicted molar refractivity (Wildman–Crippen MR) is 18.6 cm³/mol. The Hall–Kier alpha value is 1.66. The Kier molecular flexibility index (Phi) is 6.89. The number of hydrogen-bond donors (Lipinski definition) is 0. The molecule has 0 spiro atoms. The topological polar surface area (TPSA) is 97.3 Å². The molecule has 0 amide bonds. The summed E-state index contributed by atoms with van der Waals surface area (Å²) in [4.78, 5) is 0. The number of rotatable bonds is 1. The maximum atomic E-state index is 9.16. The van der Waals surface area contributed by atoms with Gasteiger partial charge in [-0.2, -0.15) is 0 Å². The van der Waals surface area contributed by atoms with Gasteiger partial charge in [-0.25, -0.2) is 8.42 Å². The summed E-state index contributed by atoms with van der Waals surface area (Å²) < 4.78 is 45.7. The smallest absolute Gasteiger partial charge is 0.761 e. The molecule has 0 rings (SSSR count). The average molecular weight is 183 g/mol. The minimum Gasteiger partial charge on any atom is -0.761 e. The molecule has 44 valence electrons. The standard InChI is InChI=1S/K.H2O5S2/c;1-6(2)7(3,4)5/h;(H,1,2)(H,3,4,5)/q+1;/p-2. The van der Waals surface area contributed by atoms with Crippen molar-refractivity contribution in [3.05, 3.63) is 0 Å². The van der Waals surface area contributed by atoms with Gasteiger partial charge in [0.15, 0.2) is 9.15 Å². The molecule has 0 aliphatic rings. The van der Waals surface area contributed by atoms with Crippen LogP contribution in [0.5, 0.6) is 0 Å². The quantitative estimate of drug-likeness (QED) is 0.176.